The summed E-state index contributed by atoms with van der Waals surface area (Å²) in [5.74, 6) is -1.64. The van der Waals surface area contributed by atoms with Crippen LogP contribution < -0.4 is 9.64 Å². The van der Waals surface area contributed by atoms with Gasteiger partial charge in [-0.15, -0.1) is 0 Å². The number of thiocarbonyl (C=S) groups is 1. The summed E-state index contributed by atoms with van der Waals surface area (Å²) in [5, 5.41) is 21.1. The van der Waals surface area contributed by atoms with Crippen molar-refractivity contribution in [3.8, 4) is 11.5 Å². The predicted octanol–water partition coefficient (Wildman–Crippen LogP) is 4.24. The summed E-state index contributed by atoms with van der Waals surface area (Å²) in [7, 11) is 0. The summed E-state index contributed by atoms with van der Waals surface area (Å²) in [6.45, 7) is 1.86. The third-order valence-electron chi connectivity index (χ3n) is 3.73. The molecule has 1 heterocycles. The molecule has 0 radical (unpaired) electrons. The van der Waals surface area contributed by atoms with Crippen LogP contribution in [0.3, 0.4) is 0 Å². The Kier molecular flexibility index (Phi) is 5.61. The van der Waals surface area contributed by atoms with Gasteiger partial charge in [0.25, 0.3) is 5.91 Å². The van der Waals surface area contributed by atoms with Crippen LogP contribution in [0.5, 0.6) is 11.5 Å². The number of amides is 1. The number of nitro benzene ring substituents is 1. The van der Waals surface area contributed by atoms with Gasteiger partial charge in [0.2, 0.25) is 5.75 Å². The van der Waals surface area contributed by atoms with Crippen LogP contribution in [0, 0.1) is 15.9 Å². The quantitative estimate of drug-likeness (QED) is 0.335. The van der Waals surface area contributed by atoms with Gasteiger partial charge in [-0.2, -0.15) is 0 Å². The summed E-state index contributed by atoms with van der Waals surface area (Å²) in [5.41, 5.74) is 0.0306. The number of anilines is 1. The van der Waals surface area contributed by atoms with E-state index >= 15 is 0 Å². The first-order valence-corrected chi connectivity index (χ1v) is 9.22. The normalized spacial score (nSPS) is 15.4. The van der Waals surface area contributed by atoms with E-state index in [2.05, 4.69) is 0 Å². The Bertz CT molecular complexity index is 1030. The highest BCUT2D eigenvalue weighted by Gasteiger charge is 2.33. The maximum absolute atomic E-state index is 13.5. The highest BCUT2D eigenvalue weighted by molar-refractivity contribution is 8.27. The minimum absolute atomic E-state index is 0.0661. The van der Waals surface area contributed by atoms with E-state index in [9.17, 15) is 24.4 Å². The number of thioether (sulfide) groups is 1. The summed E-state index contributed by atoms with van der Waals surface area (Å²) >= 11 is 6.21. The fraction of sp³-hybridized carbons (Fsp3) is 0.111. The first kappa shape index (κ1) is 19.8. The number of phenolic OH excluding ortho intramolecular Hbond substituents is 1. The van der Waals surface area contributed by atoms with Crippen molar-refractivity contribution in [1.29, 1.82) is 0 Å². The number of benzene rings is 2. The molecule has 0 aromatic heterocycles. The molecule has 0 saturated carbocycles. The van der Waals surface area contributed by atoms with E-state index in [-0.39, 0.29) is 32.8 Å². The van der Waals surface area contributed by atoms with Gasteiger partial charge in [-0.3, -0.25) is 19.8 Å². The lowest BCUT2D eigenvalue weighted by molar-refractivity contribution is -0.386. The molecule has 1 aliphatic heterocycles. The third kappa shape index (κ3) is 3.82. The van der Waals surface area contributed by atoms with Crippen LogP contribution in [0.2, 0.25) is 0 Å². The minimum Gasteiger partial charge on any atom is -0.500 e. The second-order valence-electron chi connectivity index (χ2n) is 5.57. The van der Waals surface area contributed by atoms with Gasteiger partial charge in [0.05, 0.1) is 22.1 Å². The fourth-order valence-corrected chi connectivity index (χ4v) is 3.86. The smallest absolute Gasteiger partial charge is 0.315 e. The monoisotopic (exact) mass is 420 g/mol. The van der Waals surface area contributed by atoms with Crippen molar-refractivity contribution in [1.82, 2.24) is 0 Å². The van der Waals surface area contributed by atoms with Gasteiger partial charge in [0.1, 0.15) is 5.82 Å². The van der Waals surface area contributed by atoms with Gasteiger partial charge in [-0.25, -0.2) is 4.39 Å². The number of hydrogen-bond acceptors (Lipinski definition) is 7. The van der Waals surface area contributed by atoms with E-state index in [1.165, 1.54) is 35.2 Å². The summed E-state index contributed by atoms with van der Waals surface area (Å²) in [6, 6.07) is 7.97. The van der Waals surface area contributed by atoms with E-state index in [4.69, 9.17) is 17.0 Å². The van der Waals surface area contributed by atoms with Crippen molar-refractivity contribution in [3.63, 3.8) is 0 Å². The molecule has 2 aromatic rings. The van der Waals surface area contributed by atoms with Crippen LogP contribution in [0.15, 0.2) is 41.3 Å². The second kappa shape index (κ2) is 7.95. The van der Waals surface area contributed by atoms with Crippen LogP contribution >= 0.6 is 24.0 Å². The average molecular weight is 420 g/mol. The average Bonchev–Trinajstić information content (AvgIpc) is 2.91. The molecule has 28 heavy (non-hydrogen) atoms. The zero-order valence-electron chi connectivity index (χ0n) is 14.4. The second-order valence-corrected chi connectivity index (χ2v) is 7.25. The molecule has 0 atom stereocenters. The van der Waals surface area contributed by atoms with E-state index in [0.29, 0.717) is 0 Å². The maximum Gasteiger partial charge on any atom is 0.315 e. The first-order valence-electron chi connectivity index (χ1n) is 7.99. The number of halogens is 1. The lowest BCUT2D eigenvalue weighted by atomic mass is 10.1. The number of aromatic hydroxyl groups is 1. The van der Waals surface area contributed by atoms with Crippen LogP contribution in [0.25, 0.3) is 6.08 Å². The van der Waals surface area contributed by atoms with Crippen molar-refractivity contribution in [3.05, 3.63) is 62.8 Å². The maximum atomic E-state index is 13.5. The standard InChI is InChI=1S/C18H13FN2O5S2/c1-2-26-14-7-10(6-13(16(14)22)21(24)25)8-15-17(23)20(18(27)28-15)12-5-3-4-11(19)9-12/h3-9,22H,2H2,1H3/b15-8+. The highest BCUT2D eigenvalue weighted by Crippen LogP contribution is 2.40. The molecule has 144 valence electrons. The molecule has 2 aromatic carbocycles. The molecule has 1 amide bonds. The third-order valence-corrected chi connectivity index (χ3v) is 5.03. The highest BCUT2D eigenvalue weighted by atomic mass is 32.2. The van der Waals surface area contributed by atoms with Crippen LogP contribution in [-0.2, 0) is 4.79 Å². The number of nitro groups is 1. The Labute approximate surface area is 168 Å². The number of ether oxygens (including phenoxy) is 1. The van der Waals surface area contributed by atoms with Crippen LogP contribution in [0.1, 0.15) is 12.5 Å². The van der Waals surface area contributed by atoms with E-state index in [0.717, 1.165) is 17.8 Å². The van der Waals surface area contributed by atoms with Gasteiger partial charge >= 0.3 is 5.69 Å². The molecular formula is C18H13FN2O5S2. The molecule has 7 nitrogen and oxygen atoms in total. The largest absolute Gasteiger partial charge is 0.500 e. The molecular weight excluding hydrogens is 407 g/mol. The lowest BCUT2D eigenvalue weighted by Gasteiger charge is -2.14. The van der Waals surface area contributed by atoms with Crippen molar-refractivity contribution in [2.45, 2.75) is 6.92 Å². The number of rotatable bonds is 5. The molecule has 0 unspecified atom stereocenters. The number of hydrogen-bond donors (Lipinski definition) is 1. The minimum atomic E-state index is -0.743. The Morgan fingerprint density at radius 1 is 1.39 bits per heavy atom. The van der Waals surface area contributed by atoms with Crippen molar-refractivity contribution >= 4 is 51.7 Å². The molecule has 0 bridgehead atoms. The molecule has 3 rings (SSSR count). The van der Waals surface area contributed by atoms with Gasteiger partial charge in [-0.05, 0) is 42.8 Å². The molecule has 1 aliphatic rings. The van der Waals surface area contributed by atoms with Crippen LogP contribution in [0.4, 0.5) is 15.8 Å². The number of nitrogens with zero attached hydrogens (tertiary/aromatic N) is 2. The molecule has 10 heteroatoms. The van der Waals surface area contributed by atoms with Gasteiger partial charge < -0.3 is 9.84 Å². The van der Waals surface area contributed by atoms with Crippen molar-refractivity contribution in [2.75, 3.05) is 11.5 Å². The Balaban J connectivity index is 2.01. The zero-order chi connectivity index (χ0) is 20.4. The SMILES string of the molecule is CCOc1cc(/C=C2/SC(=S)N(c3cccc(F)c3)C2=O)cc([N+](=O)[O-])c1O. The summed E-state index contributed by atoms with van der Waals surface area (Å²) in [4.78, 5) is 24.6. The molecule has 0 spiro atoms. The topological polar surface area (TPSA) is 92.9 Å². The number of carbonyl (C=O) groups excluding carboxylic acids is 1. The van der Waals surface area contributed by atoms with E-state index < -0.39 is 28.1 Å². The zero-order valence-corrected chi connectivity index (χ0v) is 16.1. The van der Waals surface area contributed by atoms with E-state index in [1.54, 1.807) is 13.0 Å². The molecule has 1 saturated heterocycles. The molecule has 1 fully saturated rings. The fourth-order valence-electron chi connectivity index (χ4n) is 2.56. The van der Waals surface area contributed by atoms with Crippen molar-refractivity contribution in [2.24, 2.45) is 0 Å². The van der Waals surface area contributed by atoms with Gasteiger partial charge in [-0.1, -0.05) is 30.0 Å². The summed E-state index contributed by atoms with van der Waals surface area (Å²) in [6.07, 6.45) is 1.41. The molecule has 1 N–H and O–H groups in total. The van der Waals surface area contributed by atoms with Crippen molar-refractivity contribution < 1.29 is 24.0 Å². The first-order chi connectivity index (χ1) is 13.3. The van der Waals surface area contributed by atoms with Gasteiger partial charge in [0, 0.05) is 6.07 Å². The Morgan fingerprint density at radius 2 is 2.14 bits per heavy atom. The number of carbonyl (C=O) groups is 1. The number of phenols is 1. The lowest BCUT2D eigenvalue weighted by Crippen LogP contribution is -2.27. The Hall–Kier alpha value is -2.98. The van der Waals surface area contributed by atoms with E-state index in [1.807, 2.05) is 0 Å². The predicted molar refractivity (Wildman–Crippen MR) is 108 cm³/mol. The van der Waals surface area contributed by atoms with Crippen LogP contribution in [-0.4, -0.2) is 26.9 Å². The molecule has 0 aliphatic carbocycles. The summed E-state index contributed by atoms with van der Waals surface area (Å²) < 4.78 is 18.9. The Morgan fingerprint density at radius 3 is 2.79 bits per heavy atom. The van der Waals surface area contributed by atoms with Gasteiger partial charge in [0.15, 0.2) is 10.1 Å².